The molecule has 0 atom stereocenters. The topological polar surface area (TPSA) is 65.2 Å². The third kappa shape index (κ3) is 3.44. The Bertz CT molecular complexity index is 998. The molecule has 1 aliphatic rings. The summed E-state index contributed by atoms with van der Waals surface area (Å²) in [6.45, 7) is 5.72. The van der Waals surface area contributed by atoms with E-state index in [0.717, 1.165) is 6.07 Å². The number of aromatic nitrogens is 2. The third-order valence-corrected chi connectivity index (χ3v) is 5.09. The molecule has 0 saturated carbocycles. The third-order valence-electron chi connectivity index (χ3n) is 5.09. The van der Waals surface area contributed by atoms with Crippen LogP contribution in [-0.2, 0) is 12.7 Å². The molecule has 0 unspecified atom stereocenters. The Labute approximate surface area is 160 Å². The summed E-state index contributed by atoms with van der Waals surface area (Å²) in [6.07, 6.45) is -3.99. The number of benzene rings is 1. The van der Waals surface area contributed by atoms with Gasteiger partial charge in [-0.05, 0) is 26.5 Å². The number of nitrogens with zero attached hydrogens (tertiary/aromatic N) is 5. The van der Waals surface area contributed by atoms with Crippen molar-refractivity contribution in [3.63, 3.8) is 0 Å². The Hall–Kier alpha value is -2.60. The molecule has 0 radical (unpaired) electrons. The van der Waals surface area contributed by atoms with Gasteiger partial charge in [0.05, 0.1) is 27.7 Å². The molecular weight excluding hydrogens is 371 g/mol. The van der Waals surface area contributed by atoms with Gasteiger partial charge in [-0.2, -0.15) is 18.4 Å². The van der Waals surface area contributed by atoms with Crippen LogP contribution in [0.2, 0.25) is 0 Å². The zero-order chi connectivity index (χ0) is 20.6. The van der Waals surface area contributed by atoms with E-state index in [1.54, 1.807) is 11.8 Å². The number of anilines is 1. The molecule has 9 heteroatoms. The van der Waals surface area contributed by atoms with E-state index in [-0.39, 0.29) is 22.2 Å². The van der Waals surface area contributed by atoms with Crippen molar-refractivity contribution in [2.75, 3.05) is 38.1 Å². The van der Waals surface area contributed by atoms with E-state index in [9.17, 15) is 23.2 Å². The quantitative estimate of drug-likeness (QED) is 0.802. The van der Waals surface area contributed by atoms with Crippen LogP contribution >= 0.6 is 0 Å². The number of piperazine rings is 1. The minimum Gasteiger partial charge on any atom is -0.367 e. The maximum Gasteiger partial charge on any atom is 0.418 e. The molecular formula is C19H22F3N5O. The predicted molar refractivity (Wildman–Crippen MR) is 100 cm³/mol. The Morgan fingerprint density at radius 1 is 1.25 bits per heavy atom. The van der Waals surface area contributed by atoms with Crippen molar-refractivity contribution in [2.24, 2.45) is 0 Å². The molecule has 0 amide bonds. The fourth-order valence-corrected chi connectivity index (χ4v) is 3.65. The summed E-state index contributed by atoms with van der Waals surface area (Å²) in [5, 5.41) is 9.73. The lowest BCUT2D eigenvalue weighted by Gasteiger charge is -2.36. The van der Waals surface area contributed by atoms with Crippen LogP contribution < -0.4 is 10.5 Å². The molecule has 0 aliphatic carbocycles. The standard InChI is InChI=1S/C19H22F3N5O/c1-4-5-27-12(2)24-15-10-14(19(20,21)22)17(13(11-23)16(15)18(27)28)26-8-6-25(3)7-9-26/h10H,4-9H2,1-3H3. The van der Waals surface area contributed by atoms with Crippen LogP contribution in [0.5, 0.6) is 0 Å². The van der Waals surface area contributed by atoms with Gasteiger partial charge < -0.3 is 9.80 Å². The fourth-order valence-electron chi connectivity index (χ4n) is 3.65. The molecule has 0 bridgehead atoms. The van der Waals surface area contributed by atoms with Crippen molar-refractivity contribution in [1.29, 1.82) is 5.26 Å². The highest BCUT2D eigenvalue weighted by molar-refractivity contribution is 5.92. The lowest BCUT2D eigenvalue weighted by Crippen LogP contribution is -2.45. The molecule has 1 aliphatic heterocycles. The second-order valence-corrected chi connectivity index (χ2v) is 7.06. The molecule has 0 spiro atoms. The SMILES string of the molecule is CCCn1c(C)nc2cc(C(F)(F)F)c(N3CCN(C)CC3)c(C#N)c2c1=O. The van der Waals surface area contributed by atoms with Crippen LogP contribution in [-0.4, -0.2) is 47.7 Å². The number of likely N-dealkylation sites (N-methyl/N-ethyl adjacent to an activating group) is 1. The highest BCUT2D eigenvalue weighted by Crippen LogP contribution is 2.41. The number of aryl methyl sites for hydroxylation is 1. The Kier molecular flexibility index (Phi) is 5.35. The number of halogens is 3. The summed E-state index contributed by atoms with van der Waals surface area (Å²) in [5.41, 5.74) is -1.92. The minimum absolute atomic E-state index is 0.0384. The predicted octanol–water partition coefficient (Wildman–Crippen LogP) is 2.76. The summed E-state index contributed by atoms with van der Waals surface area (Å²) in [6, 6.07) is 2.79. The van der Waals surface area contributed by atoms with E-state index in [2.05, 4.69) is 4.98 Å². The lowest BCUT2D eigenvalue weighted by molar-refractivity contribution is -0.137. The summed E-state index contributed by atoms with van der Waals surface area (Å²) < 4.78 is 43.0. The van der Waals surface area contributed by atoms with Gasteiger partial charge in [-0.3, -0.25) is 9.36 Å². The Morgan fingerprint density at radius 2 is 1.89 bits per heavy atom. The molecule has 2 aromatic rings. The smallest absolute Gasteiger partial charge is 0.367 e. The first-order valence-electron chi connectivity index (χ1n) is 9.18. The highest BCUT2D eigenvalue weighted by Gasteiger charge is 2.38. The monoisotopic (exact) mass is 393 g/mol. The van der Waals surface area contributed by atoms with E-state index in [4.69, 9.17) is 0 Å². The number of rotatable bonds is 3. The first kappa shape index (κ1) is 20.1. The molecule has 3 rings (SSSR count). The molecule has 28 heavy (non-hydrogen) atoms. The van der Waals surface area contributed by atoms with Crippen molar-refractivity contribution in [3.8, 4) is 6.07 Å². The van der Waals surface area contributed by atoms with Crippen molar-refractivity contribution in [1.82, 2.24) is 14.5 Å². The van der Waals surface area contributed by atoms with E-state index < -0.39 is 17.3 Å². The van der Waals surface area contributed by atoms with Crippen LogP contribution in [0.1, 0.15) is 30.3 Å². The summed E-state index contributed by atoms with van der Waals surface area (Å²) in [4.78, 5) is 20.8. The molecule has 1 saturated heterocycles. The highest BCUT2D eigenvalue weighted by atomic mass is 19.4. The van der Waals surface area contributed by atoms with Crippen molar-refractivity contribution >= 4 is 16.6 Å². The maximum atomic E-state index is 13.9. The van der Waals surface area contributed by atoms with E-state index in [1.165, 1.54) is 4.57 Å². The molecule has 0 N–H and O–H groups in total. The second-order valence-electron chi connectivity index (χ2n) is 7.06. The Morgan fingerprint density at radius 3 is 2.43 bits per heavy atom. The number of hydrogen-bond donors (Lipinski definition) is 0. The van der Waals surface area contributed by atoms with Crippen molar-refractivity contribution in [3.05, 3.63) is 33.4 Å². The molecule has 2 heterocycles. The van der Waals surface area contributed by atoms with Gasteiger partial charge in [-0.1, -0.05) is 6.92 Å². The molecule has 1 aromatic heterocycles. The van der Waals surface area contributed by atoms with Crippen molar-refractivity contribution in [2.45, 2.75) is 33.0 Å². The zero-order valence-electron chi connectivity index (χ0n) is 16.1. The van der Waals surface area contributed by atoms with Crippen LogP contribution in [0.4, 0.5) is 18.9 Å². The average molecular weight is 393 g/mol. The summed E-state index contributed by atoms with van der Waals surface area (Å²) >= 11 is 0. The first-order valence-corrected chi connectivity index (χ1v) is 9.18. The van der Waals surface area contributed by atoms with E-state index >= 15 is 0 Å². The van der Waals surface area contributed by atoms with Crippen LogP contribution in [0.3, 0.4) is 0 Å². The van der Waals surface area contributed by atoms with Gasteiger partial charge in [-0.25, -0.2) is 4.98 Å². The summed E-state index contributed by atoms with van der Waals surface area (Å²) in [7, 11) is 1.89. The van der Waals surface area contributed by atoms with Crippen LogP contribution in [0.15, 0.2) is 10.9 Å². The van der Waals surface area contributed by atoms with Crippen LogP contribution in [0.25, 0.3) is 10.9 Å². The molecule has 1 fully saturated rings. The van der Waals surface area contributed by atoms with Gasteiger partial charge in [0.1, 0.15) is 11.9 Å². The zero-order valence-corrected chi connectivity index (χ0v) is 16.1. The average Bonchev–Trinajstić information content (AvgIpc) is 2.63. The number of hydrogen-bond acceptors (Lipinski definition) is 5. The molecule has 150 valence electrons. The van der Waals surface area contributed by atoms with Crippen LogP contribution in [0, 0.1) is 18.3 Å². The van der Waals surface area contributed by atoms with Gasteiger partial charge in [0.15, 0.2) is 0 Å². The fraction of sp³-hybridized carbons (Fsp3) is 0.526. The van der Waals surface area contributed by atoms with E-state index in [1.807, 2.05) is 24.9 Å². The van der Waals surface area contributed by atoms with Gasteiger partial charge >= 0.3 is 6.18 Å². The normalized spacial score (nSPS) is 15.8. The van der Waals surface area contributed by atoms with Crippen molar-refractivity contribution < 1.29 is 13.2 Å². The number of nitriles is 1. The Balaban J connectivity index is 2.39. The summed E-state index contributed by atoms with van der Waals surface area (Å²) in [5.74, 6) is 0.337. The number of fused-ring (bicyclic) bond motifs is 1. The van der Waals surface area contributed by atoms with Gasteiger partial charge in [0.25, 0.3) is 5.56 Å². The maximum absolute atomic E-state index is 13.9. The van der Waals surface area contributed by atoms with Gasteiger partial charge in [-0.15, -0.1) is 0 Å². The largest absolute Gasteiger partial charge is 0.418 e. The van der Waals surface area contributed by atoms with Gasteiger partial charge in [0.2, 0.25) is 0 Å². The van der Waals surface area contributed by atoms with E-state index in [0.29, 0.717) is 45.0 Å². The lowest BCUT2D eigenvalue weighted by atomic mass is 10.00. The number of alkyl halides is 3. The first-order chi connectivity index (χ1) is 13.2. The minimum atomic E-state index is -4.66. The molecule has 6 nitrogen and oxygen atoms in total. The second kappa shape index (κ2) is 7.43. The molecule has 1 aromatic carbocycles. The van der Waals surface area contributed by atoms with Gasteiger partial charge in [0, 0.05) is 32.7 Å².